The molecule has 20 heavy (non-hydrogen) atoms. The average Bonchev–Trinajstić information content (AvgIpc) is 2.67. The molecule has 5 nitrogen and oxygen atoms in total. The minimum atomic E-state index is -0.171. The van der Waals surface area contributed by atoms with E-state index in [0.717, 1.165) is 17.0 Å². The number of nitrogens with one attached hydrogen (secondary N) is 1. The number of amides is 1. The van der Waals surface area contributed by atoms with E-state index in [4.69, 9.17) is 0 Å². The number of nitrogens with zero attached hydrogens (tertiary/aromatic N) is 3. The number of anilines is 1. The summed E-state index contributed by atoms with van der Waals surface area (Å²) in [6.07, 6.45) is 1.69. The zero-order valence-electron chi connectivity index (χ0n) is 12.3. The van der Waals surface area contributed by atoms with Crippen molar-refractivity contribution in [2.24, 2.45) is 5.92 Å². The Morgan fingerprint density at radius 2 is 2.10 bits per heavy atom. The molecular weight excluding hydrogens is 252 g/mol. The lowest BCUT2D eigenvalue weighted by atomic mass is 10.1. The lowest BCUT2D eigenvalue weighted by Gasteiger charge is -2.13. The van der Waals surface area contributed by atoms with Gasteiger partial charge >= 0.3 is 0 Å². The molecule has 0 aliphatic rings. The number of carbonyl (C=O) groups excluding carboxylic acids is 1. The maximum atomic E-state index is 12.2. The van der Waals surface area contributed by atoms with Crippen molar-refractivity contribution in [1.29, 1.82) is 0 Å². The molecule has 1 atom stereocenters. The van der Waals surface area contributed by atoms with Crippen molar-refractivity contribution >= 4 is 11.7 Å². The summed E-state index contributed by atoms with van der Waals surface area (Å²) in [6, 6.07) is 5.76. The maximum Gasteiger partial charge on any atom is 0.230 e. The molecule has 0 unspecified atom stereocenters. The van der Waals surface area contributed by atoms with Crippen molar-refractivity contribution < 1.29 is 4.79 Å². The van der Waals surface area contributed by atoms with Crippen LogP contribution in [0.5, 0.6) is 0 Å². The normalized spacial score (nSPS) is 12.2. The summed E-state index contributed by atoms with van der Waals surface area (Å²) in [5.41, 5.74) is 3.10. The topological polar surface area (TPSA) is 59.8 Å². The first-order valence-corrected chi connectivity index (χ1v) is 6.70. The van der Waals surface area contributed by atoms with E-state index < -0.39 is 0 Å². The minimum Gasteiger partial charge on any atom is -0.310 e. The van der Waals surface area contributed by atoms with Crippen molar-refractivity contribution in [3.63, 3.8) is 0 Å². The maximum absolute atomic E-state index is 12.2. The van der Waals surface area contributed by atoms with Crippen molar-refractivity contribution in [3.05, 3.63) is 41.3 Å². The largest absolute Gasteiger partial charge is 0.310 e. The summed E-state index contributed by atoms with van der Waals surface area (Å²) in [4.78, 5) is 16.3. The second-order valence-corrected chi connectivity index (χ2v) is 5.22. The minimum absolute atomic E-state index is 0.0457. The van der Waals surface area contributed by atoms with Crippen LogP contribution in [0.1, 0.15) is 23.9 Å². The molecule has 2 aromatic heterocycles. The van der Waals surface area contributed by atoms with E-state index >= 15 is 0 Å². The standard InChI is InChI=1S/C15H20N4O/c1-10-5-6-16-14(7-10)17-15(20)11(2)9-19-13(4)8-12(3)18-19/h5-8,11H,9H2,1-4H3,(H,16,17,20)/t11-/m1/s1. The number of aryl methyl sites for hydroxylation is 3. The molecule has 0 spiro atoms. The first kappa shape index (κ1) is 14.2. The Bertz CT molecular complexity index is 618. The predicted octanol–water partition coefficient (Wildman–Crippen LogP) is 2.48. The Morgan fingerprint density at radius 3 is 2.70 bits per heavy atom. The van der Waals surface area contributed by atoms with Crippen LogP contribution in [-0.2, 0) is 11.3 Å². The van der Waals surface area contributed by atoms with Crippen LogP contribution in [-0.4, -0.2) is 20.7 Å². The highest BCUT2D eigenvalue weighted by Crippen LogP contribution is 2.10. The van der Waals surface area contributed by atoms with Gasteiger partial charge in [0.1, 0.15) is 5.82 Å². The Balaban J connectivity index is 2.00. The Kier molecular flexibility index (Phi) is 4.17. The summed E-state index contributed by atoms with van der Waals surface area (Å²) < 4.78 is 1.86. The highest BCUT2D eigenvalue weighted by molar-refractivity contribution is 5.91. The van der Waals surface area contributed by atoms with Crippen LogP contribution >= 0.6 is 0 Å². The van der Waals surface area contributed by atoms with E-state index in [1.54, 1.807) is 6.20 Å². The second-order valence-electron chi connectivity index (χ2n) is 5.22. The van der Waals surface area contributed by atoms with E-state index in [2.05, 4.69) is 15.4 Å². The smallest absolute Gasteiger partial charge is 0.230 e. The van der Waals surface area contributed by atoms with Crippen molar-refractivity contribution in [2.75, 3.05) is 5.32 Å². The van der Waals surface area contributed by atoms with E-state index in [-0.39, 0.29) is 11.8 Å². The van der Waals surface area contributed by atoms with Crippen LogP contribution in [0.4, 0.5) is 5.82 Å². The van der Waals surface area contributed by atoms with Gasteiger partial charge < -0.3 is 5.32 Å². The predicted molar refractivity (Wildman–Crippen MR) is 78.5 cm³/mol. The van der Waals surface area contributed by atoms with Crippen LogP contribution in [0, 0.1) is 26.7 Å². The first-order valence-electron chi connectivity index (χ1n) is 6.70. The number of hydrogen-bond donors (Lipinski definition) is 1. The molecule has 0 aliphatic carbocycles. The lowest BCUT2D eigenvalue weighted by Crippen LogP contribution is -2.25. The molecule has 0 saturated heterocycles. The molecule has 0 fully saturated rings. The lowest BCUT2D eigenvalue weighted by molar-refractivity contribution is -0.119. The SMILES string of the molecule is Cc1ccnc(NC(=O)[C@H](C)Cn2nc(C)cc2C)c1. The Morgan fingerprint density at radius 1 is 1.35 bits per heavy atom. The number of aromatic nitrogens is 3. The summed E-state index contributed by atoms with van der Waals surface area (Å²) in [6.45, 7) is 8.37. The average molecular weight is 272 g/mol. The van der Waals surface area contributed by atoms with Crippen molar-refractivity contribution in [3.8, 4) is 0 Å². The van der Waals surface area contributed by atoms with E-state index in [9.17, 15) is 4.79 Å². The quantitative estimate of drug-likeness (QED) is 0.930. The molecule has 2 aromatic rings. The first-order chi connectivity index (χ1) is 9.45. The number of pyridine rings is 1. The van der Waals surface area contributed by atoms with Crippen LogP contribution in [0.25, 0.3) is 0 Å². The number of rotatable bonds is 4. The van der Waals surface area contributed by atoms with Crippen molar-refractivity contribution in [2.45, 2.75) is 34.2 Å². The third-order valence-corrected chi connectivity index (χ3v) is 3.16. The molecule has 1 N–H and O–H groups in total. The molecule has 2 heterocycles. The van der Waals surface area contributed by atoms with Gasteiger partial charge in [-0.2, -0.15) is 5.10 Å². The number of hydrogen-bond acceptors (Lipinski definition) is 3. The molecule has 5 heteroatoms. The van der Waals surface area contributed by atoms with Gasteiger partial charge in [-0.25, -0.2) is 4.98 Å². The molecule has 2 rings (SSSR count). The molecule has 0 bridgehead atoms. The monoisotopic (exact) mass is 272 g/mol. The van der Waals surface area contributed by atoms with Crippen LogP contribution in [0.15, 0.2) is 24.4 Å². The van der Waals surface area contributed by atoms with Gasteiger partial charge in [0.25, 0.3) is 0 Å². The molecule has 106 valence electrons. The van der Waals surface area contributed by atoms with Gasteiger partial charge in [0.15, 0.2) is 0 Å². The molecule has 0 radical (unpaired) electrons. The van der Waals surface area contributed by atoms with Gasteiger partial charge in [-0.05, 0) is 44.5 Å². The van der Waals surface area contributed by atoms with Gasteiger partial charge in [-0.1, -0.05) is 6.92 Å². The third-order valence-electron chi connectivity index (χ3n) is 3.16. The molecule has 0 aliphatic heterocycles. The zero-order valence-corrected chi connectivity index (χ0v) is 12.3. The second kappa shape index (κ2) is 5.86. The van der Waals surface area contributed by atoms with Gasteiger partial charge in [0.2, 0.25) is 5.91 Å². The van der Waals surface area contributed by atoms with Gasteiger partial charge in [0, 0.05) is 11.9 Å². The van der Waals surface area contributed by atoms with E-state index in [0.29, 0.717) is 12.4 Å². The van der Waals surface area contributed by atoms with Crippen LogP contribution in [0.3, 0.4) is 0 Å². The van der Waals surface area contributed by atoms with Crippen LogP contribution < -0.4 is 5.32 Å². The zero-order chi connectivity index (χ0) is 14.7. The van der Waals surface area contributed by atoms with Crippen LogP contribution in [0.2, 0.25) is 0 Å². The highest BCUT2D eigenvalue weighted by Gasteiger charge is 2.15. The van der Waals surface area contributed by atoms with Gasteiger partial charge in [-0.15, -0.1) is 0 Å². The fourth-order valence-corrected chi connectivity index (χ4v) is 2.06. The fourth-order valence-electron chi connectivity index (χ4n) is 2.06. The summed E-state index contributed by atoms with van der Waals surface area (Å²) in [7, 11) is 0. The summed E-state index contributed by atoms with van der Waals surface area (Å²) in [5, 5.41) is 7.21. The Labute approximate surface area is 119 Å². The Hall–Kier alpha value is -2.17. The summed E-state index contributed by atoms with van der Waals surface area (Å²) in [5.74, 6) is 0.376. The summed E-state index contributed by atoms with van der Waals surface area (Å²) >= 11 is 0. The fraction of sp³-hybridized carbons (Fsp3) is 0.400. The molecule has 0 saturated carbocycles. The van der Waals surface area contributed by atoms with E-state index in [1.165, 1.54) is 0 Å². The third kappa shape index (κ3) is 3.44. The molecule has 0 aromatic carbocycles. The number of carbonyl (C=O) groups is 1. The van der Waals surface area contributed by atoms with Gasteiger partial charge in [0.05, 0.1) is 18.2 Å². The molecular formula is C15H20N4O. The highest BCUT2D eigenvalue weighted by atomic mass is 16.1. The molecule has 1 amide bonds. The van der Waals surface area contributed by atoms with Crippen molar-refractivity contribution in [1.82, 2.24) is 14.8 Å². The van der Waals surface area contributed by atoms with Gasteiger partial charge in [-0.3, -0.25) is 9.48 Å². The van der Waals surface area contributed by atoms with E-state index in [1.807, 2.05) is 50.6 Å².